The van der Waals surface area contributed by atoms with Gasteiger partial charge in [0, 0.05) is 25.8 Å². The predicted molar refractivity (Wildman–Crippen MR) is 58.3 cm³/mol. The van der Waals surface area contributed by atoms with Gasteiger partial charge in [0.05, 0.1) is 0 Å². The fourth-order valence-electron chi connectivity index (χ4n) is 1.45. The molecule has 0 aromatic heterocycles. The molecule has 0 aliphatic heterocycles. The van der Waals surface area contributed by atoms with Crippen molar-refractivity contribution < 1.29 is 4.39 Å². The summed E-state index contributed by atoms with van der Waals surface area (Å²) in [5.74, 6) is -0.173. The van der Waals surface area contributed by atoms with Crippen LogP contribution < -0.4 is 10.2 Å². The largest absolute Gasteiger partial charge is 0.373 e. The molecule has 0 fully saturated rings. The number of likely N-dealkylation sites (N-methyl/N-ethyl adjacent to an activating group) is 2. The van der Waals surface area contributed by atoms with Crippen molar-refractivity contribution in [2.75, 3.05) is 32.1 Å². The van der Waals surface area contributed by atoms with Crippen LogP contribution in [0.2, 0.25) is 0 Å². The standard InChI is InChI=1S/C11H17FN2/c1-9-8-10(12)4-5-11(9)14(3)7-6-13-2/h4-5,8,13H,6-7H2,1-3H3. The maximum atomic E-state index is 12.8. The fraction of sp³-hybridized carbons (Fsp3) is 0.455. The zero-order valence-corrected chi connectivity index (χ0v) is 8.97. The summed E-state index contributed by atoms with van der Waals surface area (Å²) in [5.41, 5.74) is 2.06. The molecule has 0 spiro atoms. The Hall–Kier alpha value is -1.09. The van der Waals surface area contributed by atoms with Gasteiger partial charge in [0.25, 0.3) is 0 Å². The summed E-state index contributed by atoms with van der Waals surface area (Å²) in [6.45, 7) is 3.77. The van der Waals surface area contributed by atoms with Gasteiger partial charge in [-0.3, -0.25) is 0 Å². The minimum atomic E-state index is -0.173. The van der Waals surface area contributed by atoms with Crippen molar-refractivity contribution in [1.82, 2.24) is 5.32 Å². The molecule has 0 radical (unpaired) electrons. The van der Waals surface area contributed by atoms with E-state index in [1.165, 1.54) is 6.07 Å². The minimum Gasteiger partial charge on any atom is -0.373 e. The first kappa shape index (κ1) is 11.0. The first-order chi connectivity index (χ1) is 6.65. The highest BCUT2D eigenvalue weighted by Gasteiger charge is 2.04. The van der Waals surface area contributed by atoms with E-state index in [1.54, 1.807) is 6.07 Å². The number of anilines is 1. The predicted octanol–water partition coefficient (Wildman–Crippen LogP) is 1.79. The summed E-state index contributed by atoms with van der Waals surface area (Å²) in [6.07, 6.45) is 0. The lowest BCUT2D eigenvalue weighted by molar-refractivity contribution is 0.626. The summed E-state index contributed by atoms with van der Waals surface area (Å²) in [4.78, 5) is 2.12. The van der Waals surface area contributed by atoms with Gasteiger partial charge < -0.3 is 10.2 Å². The molecule has 14 heavy (non-hydrogen) atoms. The van der Waals surface area contributed by atoms with Crippen LogP contribution in [0.4, 0.5) is 10.1 Å². The topological polar surface area (TPSA) is 15.3 Å². The fourth-order valence-corrected chi connectivity index (χ4v) is 1.45. The number of nitrogens with zero attached hydrogens (tertiary/aromatic N) is 1. The molecule has 0 atom stereocenters. The van der Waals surface area contributed by atoms with Crippen molar-refractivity contribution in [1.29, 1.82) is 0 Å². The molecule has 0 amide bonds. The average molecular weight is 196 g/mol. The third-order valence-electron chi connectivity index (χ3n) is 2.27. The van der Waals surface area contributed by atoms with Crippen LogP contribution in [0.15, 0.2) is 18.2 Å². The second-order valence-electron chi connectivity index (χ2n) is 3.46. The van der Waals surface area contributed by atoms with E-state index >= 15 is 0 Å². The van der Waals surface area contributed by atoms with Gasteiger partial charge in [-0.25, -0.2) is 4.39 Å². The van der Waals surface area contributed by atoms with Gasteiger partial charge >= 0.3 is 0 Å². The molecule has 0 saturated carbocycles. The molecule has 1 rings (SSSR count). The number of halogens is 1. The van der Waals surface area contributed by atoms with Crippen LogP contribution >= 0.6 is 0 Å². The summed E-state index contributed by atoms with van der Waals surface area (Å²) in [6, 6.07) is 4.88. The van der Waals surface area contributed by atoms with E-state index in [2.05, 4.69) is 10.2 Å². The van der Waals surface area contributed by atoms with Crippen LogP contribution in [-0.4, -0.2) is 27.2 Å². The highest BCUT2D eigenvalue weighted by Crippen LogP contribution is 2.18. The van der Waals surface area contributed by atoms with E-state index in [9.17, 15) is 4.39 Å². The van der Waals surface area contributed by atoms with Crippen LogP contribution in [0.3, 0.4) is 0 Å². The van der Waals surface area contributed by atoms with E-state index in [-0.39, 0.29) is 5.82 Å². The van der Waals surface area contributed by atoms with Crippen molar-refractivity contribution in [3.63, 3.8) is 0 Å². The Morgan fingerprint density at radius 1 is 1.43 bits per heavy atom. The van der Waals surface area contributed by atoms with Gasteiger partial charge in [0.2, 0.25) is 0 Å². The van der Waals surface area contributed by atoms with Gasteiger partial charge in [-0.15, -0.1) is 0 Å². The molecule has 1 aromatic rings. The first-order valence-electron chi connectivity index (χ1n) is 4.77. The third kappa shape index (κ3) is 2.70. The summed E-state index contributed by atoms with van der Waals surface area (Å²) < 4.78 is 12.8. The highest BCUT2D eigenvalue weighted by atomic mass is 19.1. The molecule has 1 N–H and O–H groups in total. The maximum absolute atomic E-state index is 12.8. The number of benzene rings is 1. The Kier molecular flexibility index (Phi) is 3.89. The van der Waals surface area contributed by atoms with E-state index in [0.717, 1.165) is 24.3 Å². The van der Waals surface area contributed by atoms with E-state index in [4.69, 9.17) is 0 Å². The van der Waals surface area contributed by atoms with Crippen LogP contribution in [0.1, 0.15) is 5.56 Å². The minimum absolute atomic E-state index is 0.173. The van der Waals surface area contributed by atoms with Crippen LogP contribution in [0.5, 0.6) is 0 Å². The molecule has 0 aliphatic carbocycles. The molecule has 2 nitrogen and oxygen atoms in total. The second-order valence-corrected chi connectivity index (χ2v) is 3.46. The monoisotopic (exact) mass is 196 g/mol. The highest BCUT2D eigenvalue weighted by molar-refractivity contribution is 5.52. The zero-order valence-electron chi connectivity index (χ0n) is 8.97. The van der Waals surface area contributed by atoms with Gasteiger partial charge in [0.1, 0.15) is 5.82 Å². The van der Waals surface area contributed by atoms with Gasteiger partial charge in [-0.05, 0) is 37.7 Å². The maximum Gasteiger partial charge on any atom is 0.123 e. The third-order valence-corrected chi connectivity index (χ3v) is 2.27. The molecule has 0 heterocycles. The summed E-state index contributed by atoms with van der Waals surface area (Å²) >= 11 is 0. The molecule has 0 saturated heterocycles. The zero-order chi connectivity index (χ0) is 10.6. The average Bonchev–Trinajstić information content (AvgIpc) is 2.14. The smallest absolute Gasteiger partial charge is 0.123 e. The van der Waals surface area contributed by atoms with E-state index in [1.807, 2.05) is 27.1 Å². The van der Waals surface area contributed by atoms with Gasteiger partial charge in [-0.2, -0.15) is 0 Å². The molecule has 0 unspecified atom stereocenters. The molecule has 0 bridgehead atoms. The lowest BCUT2D eigenvalue weighted by Crippen LogP contribution is -2.27. The van der Waals surface area contributed by atoms with Crippen molar-refractivity contribution in [2.24, 2.45) is 0 Å². The SMILES string of the molecule is CNCCN(C)c1ccc(F)cc1C. The number of hydrogen-bond donors (Lipinski definition) is 1. The van der Waals surface area contributed by atoms with Crippen LogP contribution in [0, 0.1) is 12.7 Å². The Balaban J connectivity index is 2.74. The molecule has 78 valence electrons. The van der Waals surface area contributed by atoms with Crippen LogP contribution in [0.25, 0.3) is 0 Å². The molecule has 0 aliphatic rings. The molecule has 3 heteroatoms. The van der Waals surface area contributed by atoms with Crippen molar-refractivity contribution in [2.45, 2.75) is 6.92 Å². The van der Waals surface area contributed by atoms with Crippen LogP contribution in [-0.2, 0) is 0 Å². The number of hydrogen-bond acceptors (Lipinski definition) is 2. The Labute approximate surface area is 84.7 Å². The summed E-state index contributed by atoms with van der Waals surface area (Å²) in [7, 11) is 3.93. The van der Waals surface area contributed by atoms with Gasteiger partial charge in [-0.1, -0.05) is 0 Å². The van der Waals surface area contributed by atoms with Gasteiger partial charge in [0.15, 0.2) is 0 Å². The normalized spacial score (nSPS) is 10.3. The Morgan fingerprint density at radius 2 is 2.14 bits per heavy atom. The molecule has 1 aromatic carbocycles. The first-order valence-corrected chi connectivity index (χ1v) is 4.77. The van der Waals surface area contributed by atoms with E-state index < -0.39 is 0 Å². The lowest BCUT2D eigenvalue weighted by atomic mass is 10.2. The number of nitrogens with one attached hydrogen (secondary N) is 1. The number of aryl methyl sites for hydroxylation is 1. The Morgan fingerprint density at radius 3 is 2.71 bits per heavy atom. The van der Waals surface area contributed by atoms with E-state index in [0.29, 0.717) is 0 Å². The quantitative estimate of drug-likeness (QED) is 0.789. The molecular formula is C11H17FN2. The second kappa shape index (κ2) is 4.96. The van der Waals surface area contributed by atoms with Crippen molar-refractivity contribution in [3.8, 4) is 0 Å². The molecular weight excluding hydrogens is 179 g/mol. The van der Waals surface area contributed by atoms with Crippen molar-refractivity contribution >= 4 is 5.69 Å². The summed E-state index contributed by atoms with van der Waals surface area (Å²) in [5, 5.41) is 3.08. The van der Waals surface area contributed by atoms with Crippen molar-refractivity contribution in [3.05, 3.63) is 29.6 Å². The Bertz CT molecular complexity index is 299. The lowest BCUT2D eigenvalue weighted by Gasteiger charge is -2.21. The number of rotatable bonds is 4.